The summed E-state index contributed by atoms with van der Waals surface area (Å²) in [5, 5.41) is 0. The third-order valence-electron chi connectivity index (χ3n) is 3.50. The summed E-state index contributed by atoms with van der Waals surface area (Å²) in [7, 11) is -3.67. The van der Waals surface area contributed by atoms with Gasteiger partial charge in [-0.1, -0.05) is 6.07 Å². The van der Waals surface area contributed by atoms with Crippen LogP contribution in [0.15, 0.2) is 47.4 Å². The maximum atomic E-state index is 12.4. The molecule has 0 aliphatic rings. The Morgan fingerprint density at radius 2 is 1.62 bits per heavy atom. The molecule has 0 fully saturated rings. The van der Waals surface area contributed by atoms with E-state index in [0.717, 1.165) is 11.1 Å². The molecule has 0 unspecified atom stereocenters. The van der Waals surface area contributed by atoms with Gasteiger partial charge in [0.15, 0.2) is 0 Å². The second-order valence-corrected chi connectivity index (χ2v) is 7.57. The molecule has 2 aromatic carbocycles. The smallest absolute Gasteiger partial charge is 0.338 e. The highest BCUT2D eigenvalue weighted by Gasteiger charge is 2.15. The largest absolute Gasteiger partial charge is 0.459 e. The number of esters is 1. The van der Waals surface area contributed by atoms with Gasteiger partial charge in [0.1, 0.15) is 0 Å². The van der Waals surface area contributed by atoms with Gasteiger partial charge in [-0.25, -0.2) is 13.2 Å². The summed E-state index contributed by atoms with van der Waals surface area (Å²) in [5.74, 6) is -0.437. The number of rotatable bonds is 5. The molecule has 0 aromatic heterocycles. The predicted octanol–water partition coefficient (Wildman–Crippen LogP) is 3.67. The molecular formula is C18H21NO4S. The second kappa shape index (κ2) is 7.05. The first-order chi connectivity index (χ1) is 11.2. The number of benzene rings is 2. The molecule has 5 nitrogen and oxygen atoms in total. The van der Waals surface area contributed by atoms with Crippen molar-refractivity contribution in [2.24, 2.45) is 0 Å². The monoisotopic (exact) mass is 347 g/mol. The van der Waals surface area contributed by atoms with Crippen molar-refractivity contribution in [2.45, 2.75) is 38.7 Å². The first kappa shape index (κ1) is 18.0. The number of carbonyl (C=O) groups excluding carboxylic acids is 1. The van der Waals surface area contributed by atoms with Crippen LogP contribution in [0, 0.1) is 13.8 Å². The van der Waals surface area contributed by atoms with Crippen molar-refractivity contribution in [1.29, 1.82) is 0 Å². The molecule has 0 saturated heterocycles. The number of anilines is 1. The van der Waals surface area contributed by atoms with Gasteiger partial charge in [0.25, 0.3) is 10.0 Å². The summed E-state index contributed by atoms with van der Waals surface area (Å²) >= 11 is 0. The number of hydrogen-bond donors (Lipinski definition) is 1. The standard InChI is InChI=1S/C18H21NO4S/c1-12(2)23-18(20)15-6-8-16(9-7-15)19-24(21,22)17-10-5-13(3)14(4)11-17/h5-12,19H,1-4H3. The van der Waals surface area contributed by atoms with Crippen LogP contribution in [0.2, 0.25) is 0 Å². The highest BCUT2D eigenvalue weighted by atomic mass is 32.2. The summed E-state index contributed by atoms with van der Waals surface area (Å²) in [4.78, 5) is 12.0. The highest BCUT2D eigenvalue weighted by Crippen LogP contribution is 2.19. The van der Waals surface area contributed by atoms with Gasteiger partial charge in [0.05, 0.1) is 16.6 Å². The summed E-state index contributed by atoms with van der Waals surface area (Å²) in [5.41, 5.74) is 2.69. The quantitative estimate of drug-likeness (QED) is 0.838. The van der Waals surface area contributed by atoms with Gasteiger partial charge in [0, 0.05) is 5.69 Å². The third kappa shape index (κ3) is 4.35. The average molecular weight is 347 g/mol. The lowest BCUT2D eigenvalue weighted by Crippen LogP contribution is -2.14. The van der Waals surface area contributed by atoms with E-state index in [1.54, 1.807) is 32.0 Å². The Labute approximate surface area is 142 Å². The lowest BCUT2D eigenvalue weighted by molar-refractivity contribution is 0.0378. The molecule has 0 spiro atoms. The summed E-state index contributed by atoms with van der Waals surface area (Å²) < 4.78 is 32.5. The zero-order valence-electron chi connectivity index (χ0n) is 14.2. The van der Waals surface area contributed by atoms with Crippen molar-refractivity contribution in [1.82, 2.24) is 0 Å². The molecule has 1 N–H and O–H groups in total. The Kier molecular flexibility index (Phi) is 5.29. The number of nitrogens with one attached hydrogen (secondary N) is 1. The number of hydrogen-bond acceptors (Lipinski definition) is 4. The fraction of sp³-hybridized carbons (Fsp3) is 0.278. The van der Waals surface area contributed by atoms with Crippen LogP contribution in [0.5, 0.6) is 0 Å². The Hall–Kier alpha value is -2.34. The molecule has 24 heavy (non-hydrogen) atoms. The van der Waals surface area contributed by atoms with Gasteiger partial charge >= 0.3 is 5.97 Å². The minimum Gasteiger partial charge on any atom is -0.459 e. The molecule has 2 rings (SSSR count). The van der Waals surface area contributed by atoms with Gasteiger partial charge in [-0.2, -0.15) is 0 Å². The van der Waals surface area contributed by atoms with Crippen LogP contribution in [0.4, 0.5) is 5.69 Å². The van der Waals surface area contributed by atoms with Crippen LogP contribution in [0.1, 0.15) is 35.3 Å². The molecule has 0 bridgehead atoms. The van der Waals surface area contributed by atoms with Crippen molar-refractivity contribution in [3.8, 4) is 0 Å². The Balaban J connectivity index is 2.18. The van der Waals surface area contributed by atoms with E-state index in [1.807, 2.05) is 13.8 Å². The first-order valence-electron chi connectivity index (χ1n) is 7.60. The van der Waals surface area contributed by atoms with Crippen LogP contribution < -0.4 is 4.72 Å². The molecule has 0 amide bonds. The van der Waals surface area contributed by atoms with E-state index in [2.05, 4.69) is 4.72 Å². The van der Waals surface area contributed by atoms with Gasteiger partial charge in [-0.05, 0) is 75.2 Å². The molecule has 0 atom stereocenters. The van der Waals surface area contributed by atoms with E-state index in [0.29, 0.717) is 11.3 Å². The van der Waals surface area contributed by atoms with Crippen molar-refractivity contribution in [3.63, 3.8) is 0 Å². The number of ether oxygens (including phenoxy) is 1. The van der Waals surface area contributed by atoms with Crippen LogP contribution in [-0.4, -0.2) is 20.5 Å². The zero-order chi connectivity index (χ0) is 17.9. The summed E-state index contributed by atoms with van der Waals surface area (Å²) in [6, 6.07) is 11.1. The van der Waals surface area contributed by atoms with E-state index in [-0.39, 0.29) is 11.0 Å². The average Bonchev–Trinajstić information content (AvgIpc) is 2.49. The molecular weight excluding hydrogens is 326 g/mol. The number of carbonyl (C=O) groups is 1. The molecule has 128 valence electrons. The Morgan fingerprint density at radius 3 is 2.17 bits per heavy atom. The zero-order valence-corrected chi connectivity index (χ0v) is 15.0. The summed E-state index contributed by atoms with van der Waals surface area (Å²) in [6.45, 7) is 7.32. The van der Waals surface area contributed by atoms with E-state index in [1.165, 1.54) is 24.3 Å². The minimum absolute atomic E-state index is 0.203. The number of sulfonamides is 1. The SMILES string of the molecule is Cc1ccc(S(=O)(=O)Nc2ccc(C(=O)OC(C)C)cc2)cc1C. The summed E-state index contributed by atoms with van der Waals surface area (Å²) in [6.07, 6.45) is -0.208. The van der Waals surface area contributed by atoms with Gasteiger partial charge in [-0.15, -0.1) is 0 Å². The predicted molar refractivity (Wildman–Crippen MR) is 93.7 cm³/mol. The molecule has 0 aliphatic carbocycles. The van der Waals surface area contributed by atoms with E-state index in [9.17, 15) is 13.2 Å². The van der Waals surface area contributed by atoms with Crippen LogP contribution >= 0.6 is 0 Å². The third-order valence-corrected chi connectivity index (χ3v) is 4.88. The highest BCUT2D eigenvalue weighted by molar-refractivity contribution is 7.92. The second-order valence-electron chi connectivity index (χ2n) is 5.88. The van der Waals surface area contributed by atoms with Gasteiger partial charge in [0.2, 0.25) is 0 Å². The van der Waals surface area contributed by atoms with E-state index < -0.39 is 16.0 Å². The van der Waals surface area contributed by atoms with Crippen molar-refractivity contribution in [2.75, 3.05) is 4.72 Å². The normalized spacial score (nSPS) is 11.4. The van der Waals surface area contributed by atoms with Crippen LogP contribution in [0.25, 0.3) is 0 Å². The van der Waals surface area contributed by atoms with Crippen LogP contribution in [0.3, 0.4) is 0 Å². The maximum Gasteiger partial charge on any atom is 0.338 e. The molecule has 2 aromatic rings. The van der Waals surface area contributed by atoms with Crippen molar-refractivity contribution >= 4 is 21.7 Å². The molecule has 0 saturated carbocycles. The van der Waals surface area contributed by atoms with Gasteiger partial charge < -0.3 is 4.74 Å². The lowest BCUT2D eigenvalue weighted by atomic mass is 10.1. The molecule has 0 heterocycles. The fourth-order valence-electron chi connectivity index (χ4n) is 2.05. The van der Waals surface area contributed by atoms with Gasteiger partial charge in [-0.3, -0.25) is 4.72 Å². The maximum absolute atomic E-state index is 12.4. The topological polar surface area (TPSA) is 72.5 Å². The fourth-order valence-corrected chi connectivity index (χ4v) is 3.19. The number of aryl methyl sites for hydroxylation is 2. The first-order valence-corrected chi connectivity index (χ1v) is 9.08. The van der Waals surface area contributed by atoms with Crippen molar-refractivity contribution < 1.29 is 17.9 Å². The van der Waals surface area contributed by atoms with Crippen molar-refractivity contribution in [3.05, 3.63) is 59.2 Å². The lowest BCUT2D eigenvalue weighted by Gasteiger charge is -2.11. The van der Waals surface area contributed by atoms with E-state index in [4.69, 9.17) is 4.74 Å². The molecule has 0 radical (unpaired) electrons. The molecule has 0 aliphatic heterocycles. The Morgan fingerprint density at radius 1 is 1.00 bits per heavy atom. The van der Waals surface area contributed by atoms with Crippen LogP contribution in [-0.2, 0) is 14.8 Å². The van der Waals surface area contributed by atoms with E-state index >= 15 is 0 Å². The Bertz CT molecular complexity index is 840. The minimum atomic E-state index is -3.67. The molecule has 6 heteroatoms.